The molecule has 0 fully saturated rings. The van der Waals surface area contributed by atoms with Gasteiger partial charge in [0.2, 0.25) is 0 Å². The van der Waals surface area contributed by atoms with Crippen LogP contribution in [0, 0.1) is 0 Å². The van der Waals surface area contributed by atoms with Gasteiger partial charge in [0.1, 0.15) is 0 Å². The lowest BCUT2D eigenvalue weighted by Crippen LogP contribution is -2.28. The van der Waals surface area contributed by atoms with Crippen LogP contribution in [0.4, 0.5) is 0 Å². The maximum absolute atomic E-state index is 6.58. The summed E-state index contributed by atoms with van der Waals surface area (Å²) in [4.78, 5) is 0. The molecule has 2 atom stereocenters. The summed E-state index contributed by atoms with van der Waals surface area (Å²) in [6, 6.07) is 0. The van der Waals surface area contributed by atoms with Crippen molar-refractivity contribution < 1.29 is 4.65 Å². The van der Waals surface area contributed by atoms with E-state index < -0.39 is 0 Å². The summed E-state index contributed by atoms with van der Waals surface area (Å²) in [5.74, 6) is 2.67. The van der Waals surface area contributed by atoms with Crippen molar-refractivity contribution >= 4 is 30.4 Å². The maximum atomic E-state index is 6.58. The van der Waals surface area contributed by atoms with Crippen LogP contribution in [0.15, 0.2) is 0 Å². The second-order valence-electron chi connectivity index (χ2n) is 9.71. The molecule has 0 amide bonds. The summed E-state index contributed by atoms with van der Waals surface area (Å²) in [5, 5.41) is 1.60. The van der Waals surface area contributed by atoms with Gasteiger partial charge in [-0.3, -0.25) is 0 Å². The van der Waals surface area contributed by atoms with Crippen LogP contribution in [0.2, 0.25) is 12.6 Å². The number of hydrogen-bond acceptors (Lipinski definition) is 3. The Morgan fingerprint density at radius 1 is 0.531 bits per heavy atom. The van der Waals surface area contributed by atoms with Crippen LogP contribution in [0.25, 0.3) is 0 Å². The predicted octanol–water partition coefficient (Wildman–Crippen LogP) is 10.5. The molecule has 0 aliphatic rings. The SMILES string of the molecule is CCCCCCC(CB(CC(CCCCCC)SCCCC)OCCCC)SCCCC. The molecule has 0 radical (unpaired) electrons. The fourth-order valence-corrected chi connectivity index (χ4v) is 7.08. The van der Waals surface area contributed by atoms with E-state index in [1.165, 1.54) is 127 Å². The van der Waals surface area contributed by atoms with Crippen LogP contribution in [0.3, 0.4) is 0 Å². The molecule has 1 nitrogen and oxygen atoms in total. The molecule has 0 aliphatic heterocycles. The summed E-state index contributed by atoms with van der Waals surface area (Å²) < 4.78 is 6.58. The van der Waals surface area contributed by atoms with Gasteiger partial charge in [-0.1, -0.05) is 105 Å². The summed E-state index contributed by atoms with van der Waals surface area (Å²) in [6.07, 6.45) is 24.3. The van der Waals surface area contributed by atoms with Gasteiger partial charge in [0.15, 0.2) is 0 Å². The van der Waals surface area contributed by atoms with Crippen LogP contribution in [0.1, 0.15) is 137 Å². The Morgan fingerprint density at radius 3 is 1.38 bits per heavy atom. The Morgan fingerprint density at radius 2 is 0.969 bits per heavy atom. The third-order valence-corrected chi connectivity index (χ3v) is 9.21. The number of unbranched alkanes of at least 4 members (excludes halogenated alkanes) is 9. The van der Waals surface area contributed by atoms with Gasteiger partial charge in [-0.15, -0.1) is 0 Å². The molecule has 32 heavy (non-hydrogen) atoms. The van der Waals surface area contributed by atoms with Crippen LogP contribution >= 0.6 is 23.5 Å². The van der Waals surface area contributed by atoms with E-state index in [0.29, 0.717) is 6.92 Å². The minimum atomic E-state index is 0.470. The van der Waals surface area contributed by atoms with Crippen molar-refractivity contribution in [1.82, 2.24) is 0 Å². The molecule has 0 spiro atoms. The maximum Gasteiger partial charge on any atom is 0.295 e. The first kappa shape index (κ1) is 32.7. The molecular formula is C28H59BOS2. The Balaban J connectivity index is 4.95. The highest BCUT2D eigenvalue weighted by atomic mass is 32.2. The van der Waals surface area contributed by atoms with Gasteiger partial charge in [-0.25, -0.2) is 0 Å². The van der Waals surface area contributed by atoms with Crippen LogP contribution in [0.5, 0.6) is 0 Å². The second-order valence-corrected chi connectivity index (χ2v) is 12.5. The van der Waals surface area contributed by atoms with Crippen LogP contribution in [-0.2, 0) is 4.65 Å². The van der Waals surface area contributed by atoms with E-state index >= 15 is 0 Å². The molecule has 0 aliphatic carbocycles. The zero-order chi connectivity index (χ0) is 23.7. The molecule has 0 saturated heterocycles. The van der Waals surface area contributed by atoms with Crippen molar-refractivity contribution in [2.24, 2.45) is 0 Å². The highest BCUT2D eigenvalue weighted by Crippen LogP contribution is 2.30. The van der Waals surface area contributed by atoms with E-state index in [1.54, 1.807) is 0 Å². The Bertz CT molecular complexity index is 328. The lowest BCUT2D eigenvalue weighted by atomic mass is 9.58. The standard InChI is InChI=1S/C28H59BOS2/c1-6-11-16-18-20-27(31-23-14-9-4)25-29(30-22-13-8-3)26-28(32-24-15-10-5)21-19-17-12-7-2/h27-28H,6-26H2,1-5H3. The minimum Gasteiger partial charge on any atom is -0.436 e. The van der Waals surface area contributed by atoms with E-state index in [2.05, 4.69) is 58.1 Å². The molecule has 0 saturated carbocycles. The normalized spacial score (nSPS) is 13.4. The Kier molecular flexibility index (Phi) is 26.9. The lowest BCUT2D eigenvalue weighted by Gasteiger charge is -2.25. The fraction of sp³-hybridized carbons (Fsp3) is 1.00. The van der Waals surface area contributed by atoms with E-state index in [0.717, 1.165) is 17.1 Å². The molecule has 0 aromatic heterocycles. The second kappa shape index (κ2) is 26.3. The number of hydrogen-bond donors (Lipinski definition) is 0. The van der Waals surface area contributed by atoms with Crippen molar-refractivity contribution in [2.75, 3.05) is 18.1 Å². The van der Waals surface area contributed by atoms with Crippen molar-refractivity contribution in [1.29, 1.82) is 0 Å². The fourth-order valence-electron chi connectivity index (χ4n) is 4.14. The molecule has 192 valence electrons. The van der Waals surface area contributed by atoms with Gasteiger partial charge in [-0.05, 0) is 56.3 Å². The Labute approximate surface area is 213 Å². The quantitative estimate of drug-likeness (QED) is 0.0888. The lowest BCUT2D eigenvalue weighted by molar-refractivity contribution is 0.308. The highest BCUT2D eigenvalue weighted by Gasteiger charge is 2.26. The Hall–Kier alpha value is 0.725. The molecular weight excluding hydrogens is 427 g/mol. The first-order valence-electron chi connectivity index (χ1n) is 14.6. The van der Waals surface area contributed by atoms with Gasteiger partial charge >= 0.3 is 0 Å². The summed E-state index contributed by atoms with van der Waals surface area (Å²) in [7, 11) is 0. The van der Waals surface area contributed by atoms with E-state index in [-0.39, 0.29) is 0 Å². The minimum absolute atomic E-state index is 0.470. The van der Waals surface area contributed by atoms with Crippen LogP contribution < -0.4 is 0 Å². The zero-order valence-electron chi connectivity index (χ0n) is 22.8. The molecule has 2 unspecified atom stereocenters. The third kappa shape index (κ3) is 21.3. The van der Waals surface area contributed by atoms with Gasteiger partial charge in [0.05, 0.1) is 0 Å². The van der Waals surface area contributed by atoms with Gasteiger partial charge in [0, 0.05) is 17.1 Å². The molecule has 0 bridgehead atoms. The molecule has 4 heteroatoms. The van der Waals surface area contributed by atoms with Gasteiger partial charge < -0.3 is 4.65 Å². The summed E-state index contributed by atoms with van der Waals surface area (Å²) in [6.45, 7) is 13.0. The molecule has 0 aromatic rings. The smallest absolute Gasteiger partial charge is 0.295 e. The first-order chi connectivity index (χ1) is 15.7. The van der Waals surface area contributed by atoms with Crippen molar-refractivity contribution in [3.05, 3.63) is 0 Å². The van der Waals surface area contributed by atoms with E-state index in [9.17, 15) is 0 Å². The molecule has 0 N–H and O–H groups in total. The molecule has 0 heterocycles. The largest absolute Gasteiger partial charge is 0.436 e. The predicted molar refractivity (Wildman–Crippen MR) is 156 cm³/mol. The van der Waals surface area contributed by atoms with E-state index in [4.69, 9.17) is 4.65 Å². The van der Waals surface area contributed by atoms with Crippen molar-refractivity contribution in [3.8, 4) is 0 Å². The molecule has 0 rings (SSSR count). The van der Waals surface area contributed by atoms with Crippen LogP contribution in [-0.4, -0.2) is 35.5 Å². The average molecular weight is 487 g/mol. The number of thioether (sulfide) groups is 2. The summed E-state index contributed by atoms with van der Waals surface area (Å²) >= 11 is 4.52. The first-order valence-corrected chi connectivity index (χ1v) is 16.7. The monoisotopic (exact) mass is 486 g/mol. The van der Waals surface area contributed by atoms with Gasteiger partial charge in [0.25, 0.3) is 6.92 Å². The topological polar surface area (TPSA) is 9.23 Å². The zero-order valence-corrected chi connectivity index (χ0v) is 24.4. The number of rotatable bonds is 26. The summed E-state index contributed by atoms with van der Waals surface area (Å²) in [5.41, 5.74) is 0. The van der Waals surface area contributed by atoms with Gasteiger partial charge in [-0.2, -0.15) is 23.5 Å². The third-order valence-electron chi connectivity index (χ3n) is 6.37. The van der Waals surface area contributed by atoms with E-state index in [1.807, 2.05) is 0 Å². The molecule has 0 aromatic carbocycles. The van der Waals surface area contributed by atoms with Crippen molar-refractivity contribution in [2.45, 2.75) is 160 Å². The van der Waals surface area contributed by atoms with Crippen molar-refractivity contribution in [3.63, 3.8) is 0 Å². The highest BCUT2D eigenvalue weighted by molar-refractivity contribution is 8.00. The average Bonchev–Trinajstić information content (AvgIpc) is 2.79.